The standard InChI is InChI=1S/C5H7NS2/c1-4-2-8-6-5(4)3-7-1/h1,5-6H,2-3H2. The molecule has 0 spiro atoms. The minimum absolute atomic E-state index is 0.713. The first-order valence-electron chi connectivity index (χ1n) is 2.65. The number of rotatable bonds is 0. The van der Waals surface area contributed by atoms with Gasteiger partial charge < -0.3 is 0 Å². The van der Waals surface area contributed by atoms with Crippen LogP contribution in [0.1, 0.15) is 0 Å². The molecular formula is C5H7NS2. The molecule has 3 heteroatoms. The van der Waals surface area contributed by atoms with Crippen molar-refractivity contribution in [2.75, 3.05) is 11.5 Å². The zero-order chi connectivity index (χ0) is 5.40. The maximum absolute atomic E-state index is 3.35. The summed E-state index contributed by atoms with van der Waals surface area (Å²) in [4.78, 5) is 0. The second-order valence-corrected chi connectivity index (χ2v) is 3.70. The van der Waals surface area contributed by atoms with Crippen LogP contribution in [0.25, 0.3) is 0 Å². The first kappa shape index (κ1) is 5.21. The lowest BCUT2D eigenvalue weighted by atomic mass is 10.2. The number of hydrogen-bond donors (Lipinski definition) is 1. The summed E-state index contributed by atoms with van der Waals surface area (Å²) in [6.07, 6.45) is 0. The maximum atomic E-state index is 3.35. The Hall–Kier alpha value is 0.400. The predicted octanol–water partition coefficient (Wildman–Crippen LogP) is 1.24. The summed E-state index contributed by atoms with van der Waals surface area (Å²) >= 11 is 3.76. The first-order chi connectivity index (χ1) is 3.97. The van der Waals surface area contributed by atoms with Crippen LogP contribution in [0.2, 0.25) is 0 Å². The van der Waals surface area contributed by atoms with Crippen molar-refractivity contribution in [3.63, 3.8) is 0 Å². The normalized spacial score (nSPS) is 35.0. The van der Waals surface area contributed by atoms with Crippen LogP contribution in [0.4, 0.5) is 0 Å². The average Bonchev–Trinajstić information content (AvgIpc) is 2.15. The number of nitrogens with one attached hydrogen (secondary N) is 1. The van der Waals surface area contributed by atoms with E-state index in [4.69, 9.17) is 0 Å². The molecule has 0 amide bonds. The van der Waals surface area contributed by atoms with Crippen molar-refractivity contribution in [2.24, 2.45) is 0 Å². The minimum Gasteiger partial charge on any atom is -0.256 e. The topological polar surface area (TPSA) is 12.0 Å². The Morgan fingerprint density at radius 1 is 1.75 bits per heavy atom. The molecule has 0 aromatic carbocycles. The summed E-state index contributed by atoms with van der Waals surface area (Å²) in [7, 11) is 0. The fourth-order valence-electron chi connectivity index (χ4n) is 0.910. The van der Waals surface area contributed by atoms with Crippen LogP contribution in [0.5, 0.6) is 0 Å². The van der Waals surface area contributed by atoms with Gasteiger partial charge in [-0.05, 0) is 11.0 Å². The largest absolute Gasteiger partial charge is 0.256 e. The monoisotopic (exact) mass is 145 g/mol. The fraction of sp³-hybridized carbons (Fsp3) is 0.600. The highest BCUT2D eigenvalue weighted by Crippen LogP contribution is 2.30. The van der Waals surface area contributed by atoms with Gasteiger partial charge in [0.25, 0.3) is 0 Å². The Labute approximate surface area is 57.4 Å². The molecule has 1 atom stereocenters. The summed E-state index contributed by atoms with van der Waals surface area (Å²) in [5.41, 5.74) is 1.60. The molecular weight excluding hydrogens is 138 g/mol. The molecule has 0 radical (unpaired) electrons. The molecule has 0 aliphatic carbocycles. The van der Waals surface area contributed by atoms with E-state index < -0.39 is 0 Å². The van der Waals surface area contributed by atoms with Crippen LogP contribution >= 0.6 is 23.7 Å². The van der Waals surface area contributed by atoms with Crippen molar-refractivity contribution >= 4 is 23.7 Å². The lowest BCUT2D eigenvalue weighted by Crippen LogP contribution is -2.17. The molecule has 1 unspecified atom stereocenters. The van der Waals surface area contributed by atoms with Gasteiger partial charge in [-0.2, -0.15) is 0 Å². The van der Waals surface area contributed by atoms with E-state index in [0.29, 0.717) is 6.04 Å². The molecule has 0 saturated carbocycles. The van der Waals surface area contributed by atoms with Gasteiger partial charge >= 0.3 is 0 Å². The van der Waals surface area contributed by atoms with Crippen molar-refractivity contribution < 1.29 is 0 Å². The second kappa shape index (κ2) is 1.97. The molecule has 1 nitrogen and oxygen atoms in total. The van der Waals surface area contributed by atoms with E-state index in [0.717, 1.165) is 0 Å². The summed E-state index contributed by atoms with van der Waals surface area (Å²) in [6.45, 7) is 0. The molecule has 2 rings (SSSR count). The summed E-state index contributed by atoms with van der Waals surface area (Å²) in [5, 5.41) is 2.29. The molecule has 0 bridgehead atoms. The van der Waals surface area contributed by atoms with Crippen LogP contribution in [0, 0.1) is 0 Å². The lowest BCUT2D eigenvalue weighted by Gasteiger charge is -1.98. The van der Waals surface area contributed by atoms with E-state index in [-0.39, 0.29) is 0 Å². The third-order valence-electron chi connectivity index (χ3n) is 1.41. The molecule has 0 aromatic heterocycles. The highest BCUT2D eigenvalue weighted by Gasteiger charge is 2.24. The van der Waals surface area contributed by atoms with Crippen molar-refractivity contribution in [3.8, 4) is 0 Å². The van der Waals surface area contributed by atoms with Crippen molar-refractivity contribution in [3.05, 3.63) is 11.0 Å². The van der Waals surface area contributed by atoms with Crippen LogP contribution < -0.4 is 4.72 Å². The quantitative estimate of drug-likeness (QED) is 0.515. The van der Waals surface area contributed by atoms with Crippen molar-refractivity contribution in [1.29, 1.82) is 0 Å². The molecule has 1 N–H and O–H groups in total. The van der Waals surface area contributed by atoms with Crippen LogP contribution in [0.15, 0.2) is 11.0 Å². The maximum Gasteiger partial charge on any atom is 0.0491 e. The van der Waals surface area contributed by atoms with E-state index in [2.05, 4.69) is 10.1 Å². The highest BCUT2D eigenvalue weighted by atomic mass is 32.2. The summed E-state index contributed by atoms with van der Waals surface area (Å²) in [6, 6.07) is 0.713. The van der Waals surface area contributed by atoms with Crippen LogP contribution in [0.3, 0.4) is 0 Å². The van der Waals surface area contributed by atoms with E-state index in [9.17, 15) is 0 Å². The molecule has 2 heterocycles. The number of thioether (sulfide) groups is 1. The summed E-state index contributed by atoms with van der Waals surface area (Å²) in [5.74, 6) is 2.46. The zero-order valence-corrected chi connectivity index (χ0v) is 6.02. The Kier molecular flexibility index (Phi) is 1.28. The van der Waals surface area contributed by atoms with Crippen LogP contribution in [-0.4, -0.2) is 17.5 Å². The van der Waals surface area contributed by atoms with Gasteiger partial charge in [-0.1, -0.05) is 11.9 Å². The first-order valence-corrected chi connectivity index (χ1v) is 4.68. The fourth-order valence-corrected chi connectivity index (χ4v) is 3.14. The molecule has 1 fully saturated rings. The van der Waals surface area contributed by atoms with Gasteiger partial charge in [0.1, 0.15) is 0 Å². The molecule has 0 aromatic rings. The van der Waals surface area contributed by atoms with Gasteiger partial charge in [0.05, 0.1) is 0 Å². The number of hydrogen-bond acceptors (Lipinski definition) is 3. The average molecular weight is 145 g/mol. The Bertz CT molecular complexity index is 132. The number of fused-ring (bicyclic) bond motifs is 1. The Balaban J connectivity index is 2.20. The highest BCUT2D eigenvalue weighted by molar-refractivity contribution is 8.03. The van der Waals surface area contributed by atoms with E-state index in [1.165, 1.54) is 11.5 Å². The van der Waals surface area contributed by atoms with Crippen LogP contribution in [-0.2, 0) is 0 Å². The van der Waals surface area contributed by atoms with E-state index in [1.54, 1.807) is 5.57 Å². The Morgan fingerprint density at radius 2 is 2.75 bits per heavy atom. The molecule has 1 saturated heterocycles. The predicted molar refractivity (Wildman–Crippen MR) is 39.9 cm³/mol. The van der Waals surface area contributed by atoms with Gasteiger partial charge in [0, 0.05) is 17.5 Å². The van der Waals surface area contributed by atoms with Gasteiger partial charge in [0.15, 0.2) is 0 Å². The Morgan fingerprint density at radius 3 is 3.62 bits per heavy atom. The molecule has 8 heavy (non-hydrogen) atoms. The van der Waals surface area contributed by atoms with Gasteiger partial charge in [-0.25, -0.2) is 0 Å². The third-order valence-corrected chi connectivity index (χ3v) is 3.33. The van der Waals surface area contributed by atoms with Gasteiger partial charge in [-0.15, -0.1) is 11.8 Å². The van der Waals surface area contributed by atoms with E-state index in [1.807, 2.05) is 23.7 Å². The van der Waals surface area contributed by atoms with Gasteiger partial charge in [0.2, 0.25) is 0 Å². The third kappa shape index (κ3) is 0.694. The van der Waals surface area contributed by atoms with Gasteiger partial charge in [-0.3, -0.25) is 4.72 Å². The molecule has 2 aliphatic rings. The summed E-state index contributed by atoms with van der Waals surface area (Å²) < 4.78 is 3.35. The smallest absolute Gasteiger partial charge is 0.0491 e. The minimum atomic E-state index is 0.713. The SMILES string of the molecule is C1=C2CSNC2CS1. The second-order valence-electron chi connectivity index (χ2n) is 1.99. The molecule has 44 valence electrons. The van der Waals surface area contributed by atoms with E-state index >= 15 is 0 Å². The zero-order valence-electron chi connectivity index (χ0n) is 4.39. The van der Waals surface area contributed by atoms with Crippen molar-refractivity contribution in [2.45, 2.75) is 6.04 Å². The molecule has 2 aliphatic heterocycles. The van der Waals surface area contributed by atoms with Crippen molar-refractivity contribution in [1.82, 2.24) is 4.72 Å². The lowest BCUT2D eigenvalue weighted by molar-refractivity contribution is 0.858.